The first kappa shape index (κ1) is 16.4. The smallest absolute Gasteiger partial charge is 0.280 e. The zero-order valence-corrected chi connectivity index (χ0v) is 14.7. The molecule has 26 heavy (non-hydrogen) atoms. The molecule has 6 heteroatoms. The van der Waals surface area contributed by atoms with E-state index in [4.69, 9.17) is 20.8 Å². The number of ether oxygens (including phenoxy) is 1. The van der Waals surface area contributed by atoms with Crippen LogP contribution in [0.15, 0.2) is 70.0 Å². The molecule has 130 valence electrons. The molecule has 0 spiro atoms. The van der Waals surface area contributed by atoms with E-state index in [1.54, 1.807) is 13.2 Å². The van der Waals surface area contributed by atoms with E-state index in [-0.39, 0.29) is 16.4 Å². The summed E-state index contributed by atoms with van der Waals surface area (Å²) in [7, 11) is 1.61. The molecule has 0 aliphatic rings. The highest BCUT2D eigenvalue weighted by atomic mass is 35.5. The number of methoxy groups -OCH3 is 1. The zero-order chi connectivity index (χ0) is 18.1. The standard InChI is InChI=1S/C20H15ClN2O3/c1-25-15-8-6-13(7-9-15)11-23-12-18(21)22-19(20(23)24)17-10-14-4-2-3-5-16(14)26-17/h2-10,12H,11H2,1H3. The van der Waals surface area contributed by atoms with Gasteiger partial charge in [-0.05, 0) is 29.8 Å². The lowest BCUT2D eigenvalue weighted by Crippen LogP contribution is -2.23. The molecule has 0 N–H and O–H groups in total. The van der Waals surface area contributed by atoms with Crippen molar-refractivity contribution < 1.29 is 9.15 Å². The Morgan fingerprint density at radius 1 is 1.15 bits per heavy atom. The Bertz CT molecular complexity index is 1100. The first-order valence-corrected chi connectivity index (χ1v) is 8.41. The van der Waals surface area contributed by atoms with E-state index in [1.807, 2.05) is 48.5 Å². The quantitative estimate of drug-likeness (QED) is 0.538. The van der Waals surface area contributed by atoms with Crippen LogP contribution in [0.4, 0.5) is 0 Å². The van der Waals surface area contributed by atoms with Gasteiger partial charge in [0.15, 0.2) is 11.5 Å². The molecule has 2 heterocycles. The predicted octanol–water partition coefficient (Wildman–Crippen LogP) is 4.37. The fourth-order valence-corrected chi connectivity index (χ4v) is 3.01. The third kappa shape index (κ3) is 3.09. The fraction of sp³-hybridized carbons (Fsp3) is 0.100. The number of furan rings is 1. The third-order valence-electron chi connectivity index (χ3n) is 4.12. The molecule has 0 bridgehead atoms. The second kappa shape index (κ2) is 6.69. The van der Waals surface area contributed by atoms with Gasteiger partial charge in [-0.15, -0.1) is 0 Å². The molecule has 0 aliphatic heterocycles. The van der Waals surface area contributed by atoms with E-state index in [0.29, 0.717) is 17.9 Å². The summed E-state index contributed by atoms with van der Waals surface area (Å²) in [6.45, 7) is 0.373. The van der Waals surface area contributed by atoms with E-state index in [0.717, 1.165) is 16.7 Å². The largest absolute Gasteiger partial charge is 0.497 e. The van der Waals surface area contributed by atoms with Crippen LogP contribution < -0.4 is 10.3 Å². The second-order valence-electron chi connectivity index (χ2n) is 5.84. The number of nitrogens with zero attached hydrogens (tertiary/aromatic N) is 2. The van der Waals surface area contributed by atoms with Crippen molar-refractivity contribution in [2.45, 2.75) is 6.54 Å². The predicted molar refractivity (Wildman–Crippen MR) is 101 cm³/mol. The van der Waals surface area contributed by atoms with Crippen LogP contribution in [0.1, 0.15) is 5.56 Å². The summed E-state index contributed by atoms with van der Waals surface area (Å²) in [5.41, 5.74) is 1.59. The Morgan fingerprint density at radius 2 is 1.92 bits per heavy atom. The summed E-state index contributed by atoms with van der Waals surface area (Å²) >= 11 is 6.15. The van der Waals surface area contributed by atoms with Gasteiger partial charge in [-0.25, -0.2) is 4.98 Å². The molecule has 0 aliphatic carbocycles. The van der Waals surface area contributed by atoms with Crippen LogP contribution in [0.3, 0.4) is 0 Å². The Labute approximate surface area is 154 Å². The lowest BCUT2D eigenvalue weighted by molar-refractivity contribution is 0.414. The summed E-state index contributed by atoms with van der Waals surface area (Å²) in [5.74, 6) is 1.17. The van der Waals surface area contributed by atoms with Gasteiger partial charge in [0.05, 0.1) is 13.7 Å². The Morgan fingerprint density at radius 3 is 2.65 bits per heavy atom. The Balaban J connectivity index is 1.75. The molecule has 0 unspecified atom stereocenters. The fourth-order valence-electron chi connectivity index (χ4n) is 2.81. The number of hydrogen-bond donors (Lipinski definition) is 0. The SMILES string of the molecule is COc1ccc(Cn2cc(Cl)nc(-c3cc4ccccc4o3)c2=O)cc1. The molecule has 0 radical (unpaired) electrons. The topological polar surface area (TPSA) is 57.3 Å². The Hall–Kier alpha value is -3.05. The van der Waals surface area contributed by atoms with Crippen molar-refractivity contribution in [1.29, 1.82) is 0 Å². The molecule has 4 rings (SSSR count). The minimum Gasteiger partial charge on any atom is -0.497 e. The number of rotatable bonds is 4. The molecular formula is C20H15ClN2O3. The van der Waals surface area contributed by atoms with Crippen molar-refractivity contribution in [3.8, 4) is 17.2 Å². The van der Waals surface area contributed by atoms with Crippen LogP contribution in [-0.2, 0) is 6.54 Å². The van der Waals surface area contributed by atoms with Gasteiger partial charge in [-0.2, -0.15) is 0 Å². The minimum atomic E-state index is -0.260. The maximum absolute atomic E-state index is 12.9. The van der Waals surface area contributed by atoms with Gasteiger partial charge in [0.2, 0.25) is 0 Å². The van der Waals surface area contributed by atoms with Crippen molar-refractivity contribution in [3.05, 3.63) is 81.9 Å². The molecule has 2 aromatic carbocycles. The van der Waals surface area contributed by atoms with Crippen LogP contribution in [0.2, 0.25) is 5.15 Å². The van der Waals surface area contributed by atoms with Gasteiger partial charge < -0.3 is 13.7 Å². The average molecular weight is 367 g/mol. The van der Waals surface area contributed by atoms with Crippen LogP contribution in [0, 0.1) is 0 Å². The maximum atomic E-state index is 12.9. The second-order valence-corrected chi connectivity index (χ2v) is 6.23. The van der Waals surface area contributed by atoms with Crippen molar-refractivity contribution in [2.24, 2.45) is 0 Å². The van der Waals surface area contributed by atoms with E-state index < -0.39 is 0 Å². The summed E-state index contributed by atoms with van der Waals surface area (Å²) < 4.78 is 12.5. The van der Waals surface area contributed by atoms with E-state index in [9.17, 15) is 4.79 Å². The summed E-state index contributed by atoms with van der Waals surface area (Å²) in [4.78, 5) is 17.1. The van der Waals surface area contributed by atoms with Gasteiger partial charge in [-0.3, -0.25) is 4.79 Å². The van der Waals surface area contributed by atoms with Crippen LogP contribution in [-0.4, -0.2) is 16.7 Å². The first-order chi connectivity index (χ1) is 12.6. The summed E-state index contributed by atoms with van der Waals surface area (Å²) in [6.07, 6.45) is 1.53. The lowest BCUT2D eigenvalue weighted by atomic mass is 10.2. The van der Waals surface area contributed by atoms with Crippen molar-refractivity contribution >= 4 is 22.6 Å². The van der Waals surface area contributed by atoms with Gasteiger partial charge in [0.1, 0.15) is 16.5 Å². The molecule has 0 fully saturated rings. The number of hydrogen-bond acceptors (Lipinski definition) is 4. The lowest BCUT2D eigenvalue weighted by Gasteiger charge is -2.08. The first-order valence-electron chi connectivity index (χ1n) is 8.03. The molecule has 0 amide bonds. The summed E-state index contributed by atoms with van der Waals surface area (Å²) in [6, 6.07) is 16.9. The van der Waals surface area contributed by atoms with Crippen molar-refractivity contribution in [3.63, 3.8) is 0 Å². The monoisotopic (exact) mass is 366 g/mol. The van der Waals surface area contributed by atoms with E-state index >= 15 is 0 Å². The highest BCUT2D eigenvalue weighted by Crippen LogP contribution is 2.25. The molecular weight excluding hydrogens is 352 g/mol. The molecule has 0 saturated carbocycles. The maximum Gasteiger partial charge on any atom is 0.280 e. The number of halogens is 1. The van der Waals surface area contributed by atoms with Crippen molar-refractivity contribution in [2.75, 3.05) is 7.11 Å². The molecule has 0 saturated heterocycles. The number of aromatic nitrogens is 2. The normalized spacial score (nSPS) is 11.0. The van der Waals surface area contributed by atoms with Gasteiger partial charge >= 0.3 is 0 Å². The van der Waals surface area contributed by atoms with Gasteiger partial charge in [0, 0.05) is 11.6 Å². The number of fused-ring (bicyclic) bond motifs is 1. The van der Waals surface area contributed by atoms with Crippen LogP contribution >= 0.6 is 11.6 Å². The van der Waals surface area contributed by atoms with E-state index in [1.165, 1.54) is 10.8 Å². The average Bonchev–Trinajstić information content (AvgIpc) is 3.09. The van der Waals surface area contributed by atoms with Crippen LogP contribution in [0.25, 0.3) is 22.4 Å². The van der Waals surface area contributed by atoms with Gasteiger partial charge in [-0.1, -0.05) is 41.9 Å². The molecule has 2 aromatic heterocycles. The zero-order valence-electron chi connectivity index (χ0n) is 14.0. The highest BCUT2D eigenvalue weighted by Gasteiger charge is 2.15. The number of para-hydroxylation sites is 1. The third-order valence-corrected chi connectivity index (χ3v) is 4.30. The highest BCUT2D eigenvalue weighted by molar-refractivity contribution is 6.29. The van der Waals surface area contributed by atoms with E-state index in [2.05, 4.69) is 4.98 Å². The van der Waals surface area contributed by atoms with Crippen molar-refractivity contribution in [1.82, 2.24) is 9.55 Å². The van der Waals surface area contributed by atoms with Crippen LogP contribution in [0.5, 0.6) is 5.75 Å². The molecule has 5 nitrogen and oxygen atoms in total. The van der Waals surface area contributed by atoms with Gasteiger partial charge in [0.25, 0.3) is 5.56 Å². The number of benzene rings is 2. The minimum absolute atomic E-state index is 0.196. The summed E-state index contributed by atoms with van der Waals surface area (Å²) in [5, 5.41) is 1.14. The molecule has 0 atom stereocenters. The molecule has 4 aromatic rings. The Kier molecular flexibility index (Phi) is 4.22.